The fourth-order valence-electron chi connectivity index (χ4n) is 2.42. The summed E-state index contributed by atoms with van der Waals surface area (Å²) in [6.45, 7) is 7.79. The number of carbonyl (C=O) groups excluding carboxylic acids is 1. The van der Waals surface area contributed by atoms with Gasteiger partial charge in [0.1, 0.15) is 11.5 Å². The maximum Gasteiger partial charge on any atom is 0.318 e. The zero-order valence-corrected chi connectivity index (χ0v) is 14.4. The number of urea groups is 1. The Bertz CT molecular complexity index is 648. The summed E-state index contributed by atoms with van der Waals surface area (Å²) in [6, 6.07) is 3.17. The van der Waals surface area contributed by atoms with Crippen LogP contribution in [0.3, 0.4) is 0 Å². The van der Waals surface area contributed by atoms with Gasteiger partial charge in [-0.05, 0) is 46.2 Å². The van der Waals surface area contributed by atoms with Gasteiger partial charge in [0.15, 0.2) is 9.84 Å². The van der Waals surface area contributed by atoms with Crippen LogP contribution in [-0.2, 0) is 9.84 Å². The number of carbonyl (C=O) groups is 1. The maximum absolute atomic E-state index is 12.3. The highest BCUT2D eigenvalue weighted by atomic mass is 32.2. The molecule has 1 N–H and O–H groups in total. The van der Waals surface area contributed by atoms with Crippen LogP contribution >= 0.6 is 0 Å². The van der Waals surface area contributed by atoms with Crippen molar-refractivity contribution in [3.63, 3.8) is 0 Å². The zero-order chi connectivity index (χ0) is 16.5. The number of nitrogens with zero attached hydrogens (tertiary/aromatic N) is 1. The van der Waals surface area contributed by atoms with E-state index in [-0.39, 0.29) is 24.4 Å². The van der Waals surface area contributed by atoms with Gasteiger partial charge in [-0.15, -0.1) is 0 Å². The molecule has 22 heavy (non-hydrogen) atoms. The van der Waals surface area contributed by atoms with E-state index in [1.807, 2.05) is 26.0 Å². The molecular formula is C15H24N2O4S. The van der Waals surface area contributed by atoms with Crippen molar-refractivity contribution in [1.82, 2.24) is 10.2 Å². The first-order valence-corrected chi connectivity index (χ1v) is 9.12. The van der Waals surface area contributed by atoms with Crippen LogP contribution in [-0.4, -0.2) is 42.9 Å². The number of amides is 2. The summed E-state index contributed by atoms with van der Waals surface area (Å²) in [6.07, 6.45) is 0.441. The lowest BCUT2D eigenvalue weighted by Crippen LogP contribution is -2.42. The molecule has 1 aromatic rings. The third kappa shape index (κ3) is 3.45. The number of hydrogen-bond acceptors (Lipinski definition) is 4. The number of hydrogen-bond donors (Lipinski definition) is 1. The highest BCUT2D eigenvalue weighted by molar-refractivity contribution is 7.92. The minimum Gasteiger partial charge on any atom is -0.464 e. The summed E-state index contributed by atoms with van der Waals surface area (Å²) >= 11 is 0. The minimum atomic E-state index is -3.18. The molecule has 124 valence electrons. The van der Waals surface area contributed by atoms with Gasteiger partial charge in [0.25, 0.3) is 0 Å². The summed E-state index contributed by atoms with van der Waals surface area (Å²) in [5.41, 5.74) is 0. The van der Waals surface area contributed by atoms with E-state index in [2.05, 4.69) is 5.32 Å². The van der Waals surface area contributed by atoms with Crippen molar-refractivity contribution in [3.05, 3.63) is 23.7 Å². The van der Waals surface area contributed by atoms with Crippen LogP contribution in [0.1, 0.15) is 44.8 Å². The van der Waals surface area contributed by atoms with Gasteiger partial charge in [0.2, 0.25) is 0 Å². The number of nitrogens with one attached hydrogen (secondary N) is 1. The molecule has 1 atom stereocenters. The summed E-state index contributed by atoms with van der Waals surface area (Å²) in [4.78, 5) is 13.9. The second-order valence-electron chi connectivity index (χ2n) is 6.44. The second-order valence-corrected chi connectivity index (χ2v) is 9.18. The monoisotopic (exact) mass is 328 g/mol. The van der Waals surface area contributed by atoms with Gasteiger partial charge in [-0.3, -0.25) is 0 Å². The van der Waals surface area contributed by atoms with E-state index in [9.17, 15) is 13.2 Å². The SMILES string of the molecule is Cc1ccc(C(C)NC(=O)N2CCC(C)(C)S(=O)(=O)CC2)o1. The van der Waals surface area contributed by atoms with Crippen molar-refractivity contribution < 1.29 is 17.6 Å². The molecule has 7 heteroatoms. The van der Waals surface area contributed by atoms with Crippen molar-refractivity contribution in [2.24, 2.45) is 0 Å². The van der Waals surface area contributed by atoms with Gasteiger partial charge in [-0.2, -0.15) is 0 Å². The number of furan rings is 1. The topological polar surface area (TPSA) is 79.6 Å². The molecule has 1 fully saturated rings. The average Bonchev–Trinajstić information content (AvgIpc) is 2.80. The minimum absolute atomic E-state index is 0.00165. The molecule has 0 aromatic carbocycles. The van der Waals surface area contributed by atoms with Crippen molar-refractivity contribution in [2.45, 2.75) is 44.9 Å². The first-order valence-electron chi connectivity index (χ1n) is 7.46. The van der Waals surface area contributed by atoms with E-state index in [1.165, 1.54) is 0 Å². The molecule has 1 aromatic heterocycles. The lowest BCUT2D eigenvalue weighted by molar-refractivity contribution is 0.195. The largest absolute Gasteiger partial charge is 0.464 e. The lowest BCUT2D eigenvalue weighted by atomic mass is 10.1. The van der Waals surface area contributed by atoms with Crippen LogP contribution in [0.15, 0.2) is 16.5 Å². The lowest BCUT2D eigenvalue weighted by Gasteiger charge is -2.24. The average molecular weight is 328 g/mol. The van der Waals surface area contributed by atoms with Crippen LogP contribution in [0.5, 0.6) is 0 Å². The number of rotatable bonds is 2. The van der Waals surface area contributed by atoms with Crippen LogP contribution in [0.25, 0.3) is 0 Å². The predicted octanol–water partition coefficient (Wildman–Crippen LogP) is 2.26. The Labute approximate surface area is 131 Å². The summed E-state index contributed by atoms with van der Waals surface area (Å²) in [5, 5.41) is 2.86. The quantitative estimate of drug-likeness (QED) is 0.903. The van der Waals surface area contributed by atoms with Gasteiger partial charge in [0, 0.05) is 13.1 Å². The number of sulfone groups is 1. The smallest absolute Gasteiger partial charge is 0.318 e. The van der Waals surface area contributed by atoms with Gasteiger partial charge >= 0.3 is 6.03 Å². The molecule has 0 aliphatic carbocycles. The molecule has 0 radical (unpaired) electrons. The molecule has 1 saturated heterocycles. The standard InChI is InChI=1S/C15H24N2O4S/c1-11-5-6-13(21-11)12(2)16-14(18)17-8-7-15(3,4)22(19,20)10-9-17/h5-6,12H,7-10H2,1-4H3,(H,16,18). The maximum atomic E-state index is 12.3. The van der Waals surface area contributed by atoms with E-state index in [0.717, 1.165) is 5.76 Å². The fourth-order valence-corrected chi connectivity index (χ4v) is 3.83. The molecule has 0 bridgehead atoms. The predicted molar refractivity (Wildman–Crippen MR) is 84.4 cm³/mol. The van der Waals surface area contributed by atoms with Gasteiger partial charge in [0.05, 0.1) is 16.5 Å². The molecule has 2 heterocycles. The normalized spacial score (nSPS) is 21.9. The third-order valence-corrected chi connectivity index (χ3v) is 6.88. The van der Waals surface area contributed by atoms with Crippen LogP contribution in [0.4, 0.5) is 4.79 Å². The van der Waals surface area contributed by atoms with Gasteiger partial charge < -0.3 is 14.6 Å². The second kappa shape index (κ2) is 5.95. The highest BCUT2D eigenvalue weighted by Gasteiger charge is 2.38. The molecule has 0 spiro atoms. The summed E-state index contributed by atoms with van der Waals surface area (Å²) in [5.74, 6) is 1.48. The van der Waals surface area contributed by atoms with E-state index < -0.39 is 14.6 Å². The van der Waals surface area contributed by atoms with Crippen LogP contribution in [0, 0.1) is 6.92 Å². The van der Waals surface area contributed by atoms with Gasteiger partial charge in [-0.25, -0.2) is 13.2 Å². The molecule has 0 saturated carbocycles. The van der Waals surface area contributed by atoms with E-state index in [4.69, 9.17) is 4.42 Å². The molecule has 1 aliphatic heterocycles. The van der Waals surface area contributed by atoms with Crippen molar-refractivity contribution in [1.29, 1.82) is 0 Å². The Morgan fingerprint density at radius 1 is 1.36 bits per heavy atom. The highest BCUT2D eigenvalue weighted by Crippen LogP contribution is 2.25. The summed E-state index contributed by atoms with van der Waals surface area (Å²) in [7, 11) is -3.18. The van der Waals surface area contributed by atoms with Crippen molar-refractivity contribution >= 4 is 15.9 Å². The molecule has 2 rings (SSSR count). The first-order chi connectivity index (χ1) is 10.1. The van der Waals surface area contributed by atoms with E-state index >= 15 is 0 Å². The van der Waals surface area contributed by atoms with Gasteiger partial charge in [-0.1, -0.05) is 0 Å². The van der Waals surface area contributed by atoms with Crippen LogP contribution < -0.4 is 5.32 Å². The van der Waals surface area contributed by atoms with Crippen molar-refractivity contribution in [3.8, 4) is 0 Å². The summed E-state index contributed by atoms with van der Waals surface area (Å²) < 4.78 is 29.0. The Balaban J connectivity index is 2.01. The molecule has 2 amide bonds. The Hall–Kier alpha value is -1.50. The molecule has 6 nitrogen and oxygen atoms in total. The van der Waals surface area contributed by atoms with E-state index in [1.54, 1.807) is 18.7 Å². The fraction of sp³-hybridized carbons (Fsp3) is 0.667. The third-order valence-electron chi connectivity index (χ3n) is 4.27. The molecule has 1 unspecified atom stereocenters. The molecule has 1 aliphatic rings. The van der Waals surface area contributed by atoms with Crippen molar-refractivity contribution in [2.75, 3.05) is 18.8 Å². The zero-order valence-electron chi connectivity index (χ0n) is 13.5. The van der Waals surface area contributed by atoms with E-state index in [0.29, 0.717) is 18.7 Å². The Morgan fingerprint density at radius 2 is 2.05 bits per heavy atom. The van der Waals surface area contributed by atoms with Crippen LogP contribution in [0.2, 0.25) is 0 Å². The number of aryl methyl sites for hydroxylation is 1. The molecular weight excluding hydrogens is 304 g/mol. The Morgan fingerprint density at radius 3 is 2.64 bits per heavy atom. The first kappa shape index (κ1) is 16.9. The Kier molecular flexibility index (Phi) is 4.56.